The Bertz CT molecular complexity index is 573. The van der Waals surface area contributed by atoms with Gasteiger partial charge in [0.2, 0.25) is 10.0 Å². The number of nitrogens with one attached hydrogen (secondary N) is 1. The molecule has 0 atom stereocenters. The second-order valence-electron chi connectivity index (χ2n) is 5.52. The predicted octanol–water partition coefficient (Wildman–Crippen LogP) is 3.66. The molecule has 0 saturated heterocycles. The van der Waals surface area contributed by atoms with Crippen molar-refractivity contribution in [2.24, 2.45) is 0 Å². The van der Waals surface area contributed by atoms with Crippen LogP contribution in [0.15, 0.2) is 23.1 Å². The summed E-state index contributed by atoms with van der Waals surface area (Å²) in [5, 5.41) is -0.105. The fourth-order valence-electron chi connectivity index (χ4n) is 2.21. The Morgan fingerprint density at radius 3 is 2.26 bits per heavy atom. The highest BCUT2D eigenvalue weighted by atomic mass is 35.5. The van der Waals surface area contributed by atoms with Gasteiger partial charge in [-0.3, -0.25) is 0 Å². The Kier molecular flexibility index (Phi) is 9.06. The minimum Gasteiger partial charge on any atom is -0.302 e. The van der Waals surface area contributed by atoms with Gasteiger partial charge in [-0.2, -0.15) is 0 Å². The first-order valence-corrected chi connectivity index (χ1v) is 9.94. The number of benzene rings is 1. The number of hydrogen-bond acceptors (Lipinski definition) is 3. The van der Waals surface area contributed by atoms with E-state index in [4.69, 9.17) is 11.6 Å². The lowest BCUT2D eigenvalue weighted by molar-refractivity contribution is 0.269. The minimum atomic E-state index is -3.72. The van der Waals surface area contributed by atoms with E-state index in [2.05, 4.69) is 23.5 Å². The zero-order valence-corrected chi connectivity index (χ0v) is 15.4. The van der Waals surface area contributed by atoms with E-state index in [1.54, 1.807) is 0 Å². The molecule has 0 radical (unpaired) electrons. The second kappa shape index (κ2) is 10.2. The lowest BCUT2D eigenvalue weighted by Gasteiger charge is -2.22. The number of halogens is 2. The molecule has 23 heavy (non-hydrogen) atoms. The number of sulfonamides is 1. The number of hydrogen-bond donors (Lipinski definition) is 1. The molecule has 0 fully saturated rings. The Morgan fingerprint density at radius 1 is 1.13 bits per heavy atom. The Morgan fingerprint density at radius 2 is 1.74 bits per heavy atom. The van der Waals surface area contributed by atoms with Gasteiger partial charge in [0.15, 0.2) is 0 Å². The van der Waals surface area contributed by atoms with E-state index >= 15 is 0 Å². The fourth-order valence-corrected chi connectivity index (χ4v) is 3.76. The maximum absolute atomic E-state index is 13.0. The largest absolute Gasteiger partial charge is 0.302 e. The maximum Gasteiger partial charge on any atom is 0.242 e. The van der Waals surface area contributed by atoms with Crippen LogP contribution in [0.25, 0.3) is 0 Å². The quantitative estimate of drug-likeness (QED) is 0.652. The highest BCUT2D eigenvalue weighted by Crippen LogP contribution is 2.21. The first kappa shape index (κ1) is 20.4. The van der Waals surface area contributed by atoms with E-state index in [1.807, 2.05) is 0 Å². The molecule has 0 unspecified atom stereocenters. The average Bonchev–Trinajstić information content (AvgIpc) is 2.48. The van der Waals surface area contributed by atoms with Crippen molar-refractivity contribution in [2.45, 2.75) is 44.4 Å². The molecule has 7 heteroatoms. The zero-order chi connectivity index (χ0) is 17.3. The summed E-state index contributed by atoms with van der Waals surface area (Å²) in [4.78, 5) is 2.18. The molecule has 1 rings (SSSR count). The summed E-state index contributed by atoms with van der Waals surface area (Å²) in [6.07, 6.45) is 4.42. The smallest absolute Gasteiger partial charge is 0.242 e. The average molecular weight is 365 g/mol. The van der Waals surface area contributed by atoms with Crippen LogP contribution in [0.3, 0.4) is 0 Å². The molecule has 0 amide bonds. The highest BCUT2D eigenvalue weighted by molar-refractivity contribution is 7.89. The van der Waals surface area contributed by atoms with Crippen molar-refractivity contribution in [3.8, 4) is 0 Å². The van der Waals surface area contributed by atoms with Gasteiger partial charge in [-0.1, -0.05) is 38.3 Å². The fraction of sp³-hybridized carbons (Fsp3) is 0.625. The van der Waals surface area contributed by atoms with Crippen molar-refractivity contribution in [3.05, 3.63) is 29.0 Å². The molecule has 0 saturated carbocycles. The highest BCUT2D eigenvalue weighted by Gasteiger charge is 2.18. The third-order valence-electron chi connectivity index (χ3n) is 3.56. The Balaban J connectivity index is 2.60. The molecular formula is C16H26ClFN2O2S. The third kappa shape index (κ3) is 7.16. The summed E-state index contributed by atoms with van der Waals surface area (Å²) in [5.41, 5.74) is 0. The van der Waals surface area contributed by atoms with Gasteiger partial charge in [-0.15, -0.1) is 0 Å². The van der Waals surface area contributed by atoms with Crippen LogP contribution in [0, 0.1) is 5.82 Å². The van der Waals surface area contributed by atoms with Gasteiger partial charge in [-0.25, -0.2) is 17.5 Å². The van der Waals surface area contributed by atoms with Crippen LogP contribution >= 0.6 is 11.6 Å². The van der Waals surface area contributed by atoms with Gasteiger partial charge in [0.05, 0.1) is 5.02 Å². The normalized spacial score (nSPS) is 12.0. The molecule has 0 aliphatic heterocycles. The maximum atomic E-state index is 13.0. The first-order valence-electron chi connectivity index (χ1n) is 8.07. The van der Waals surface area contributed by atoms with E-state index in [-0.39, 0.29) is 9.92 Å². The summed E-state index contributed by atoms with van der Waals surface area (Å²) in [6, 6.07) is 3.28. The Hall–Kier alpha value is -0.690. The number of unbranched alkanes of at least 4 members (excludes halogenated alkanes) is 2. The molecular weight excluding hydrogens is 339 g/mol. The minimum absolute atomic E-state index is 0.0887. The monoisotopic (exact) mass is 364 g/mol. The van der Waals surface area contributed by atoms with Crippen LogP contribution in [-0.4, -0.2) is 39.5 Å². The molecule has 0 heterocycles. The van der Waals surface area contributed by atoms with Crippen molar-refractivity contribution < 1.29 is 12.8 Å². The van der Waals surface area contributed by atoms with Crippen LogP contribution in [0.1, 0.15) is 39.5 Å². The molecule has 132 valence electrons. The van der Waals surface area contributed by atoms with Crippen LogP contribution in [0.2, 0.25) is 5.02 Å². The van der Waals surface area contributed by atoms with Crippen LogP contribution in [0.4, 0.5) is 4.39 Å². The van der Waals surface area contributed by atoms with E-state index in [0.717, 1.165) is 50.9 Å². The number of nitrogens with zero attached hydrogens (tertiary/aromatic N) is 1. The molecule has 4 nitrogen and oxygen atoms in total. The zero-order valence-electron chi connectivity index (χ0n) is 13.8. The lowest BCUT2D eigenvalue weighted by atomic mass is 10.2. The van der Waals surface area contributed by atoms with Crippen molar-refractivity contribution in [3.63, 3.8) is 0 Å². The second-order valence-corrected chi connectivity index (χ2v) is 7.66. The SMILES string of the molecule is CCCCN(CCCC)CCNS(=O)(=O)c1ccc(F)cc1Cl. The van der Waals surface area contributed by atoms with E-state index in [9.17, 15) is 12.8 Å². The molecule has 0 spiro atoms. The van der Waals surface area contributed by atoms with E-state index < -0.39 is 15.8 Å². The van der Waals surface area contributed by atoms with Gasteiger partial charge in [0.1, 0.15) is 10.7 Å². The summed E-state index contributed by atoms with van der Waals surface area (Å²) >= 11 is 5.82. The van der Waals surface area contributed by atoms with Gasteiger partial charge in [0.25, 0.3) is 0 Å². The first-order chi connectivity index (χ1) is 10.9. The van der Waals surface area contributed by atoms with Crippen molar-refractivity contribution >= 4 is 21.6 Å². The predicted molar refractivity (Wildman–Crippen MR) is 92.9 cm³/mol. The molecule has 1 aromatic carbocycles. The van der Waals surface area contributed by atoms with Crippen molar-refractivity contribution in [1.29, 1.82) is 0 Å². The van der Waals surface area contributed by atoms with E-state index in [1.165, 1.54) is 6.07 Å². The number of rotatable bonds is 11. The van der Waals surface area contributed by atoms with Crippen molar-refractivity contribution in [2.75, 3.05) is 26.2 Å². The topological polar surface area (TPSA) is 49.4 Å². The van der Waals surface area contributed by atoms with Crippen LogP contribution in [0.5, 0.6) is 0 Å². The molecule has 0 aliphatic carbocycles. The third-order valence-corrected chi connectivity index (χ3v) is 5.50. The standard InChI is InChI=1S/C16H26ClFN2O2S/c1-3-5-10-20(11-6-4-2)12-9-19-23(21,22)16-8-7-14(18)13-15(16)17/h7-8,13,19H,3-6,9-12H2,1-2H3. The molecule has 0 bridgehead atoms. The Labute approximate surface area is 144 Å². The van der Waals surface area contributed by atoms with Gasteiger partial charge in [-0.05, 0) is 44.1 Å². The molecule has 0 aromatic heterocycles. The lowest BCUT2D eigenvalue weighted by Crippen LogP contribution is -2.36. The summed E-state index contributed by atoms with van der Waals surface area (Å²) < 4.78 is 40.0. The van der Waals surface area contributed by atoms with Crippen LogP contribution in [-0.2, 0) is 10.0 Å². The van der Waals surface area contributed by atoms with E-state index in [0.29, 0.717) is 13.1 Å². The summed E-state index contributed by atoms with van der Waals surface area (Å²) in [7, 11) is -3.72. The van der Waals surface area contributed by atoms with Gasteiger partial charge >= 0.3 is 0 Å². The van der Waals surface area contributed by atoms with Gasteiger partial charge in [0, 0.05) is 13.1 Å². The molecule has 1 N–H and O–H groups in total. The van der Waals surface area contributed by atoms with Crippen LogP contribution < -0.4 is 4.72 Å². The van der Waals surface area contributed by atoms with Gasteiger partial charge < -0.3 is 4.90 Å². The summed E-state index contributed by atoms with van der Waals surface area (Å²) in [6.45, 7) is 7.17. The molecule has 0 aliphatic rings. The molecule has 1 aromatic rings. The van der Waals surface area contributed by atoms with Crippen molar-refractivity contribution in [1.82, 2.24) is 9.62 Å². The summed E-state index contributed by atoms with van der Waals surface area (Å²) in [5.74, 6) is -0.556.